The quantitative estimate of drug-likeness (QED) is 0.593. The van der Waals surface area contributed by atoms with Crippen LogP contribution in [0.2, 0.25) is 0 Å². The van der Waals surface area contributed by atoms with Crippen LogP contribution in [0.4, 0.5) is 0 Å². The molecule has 0 amide bonds. The molecule has 0 spiro atoms. The Labute approximate surface area is 67.4 Å². The van der Waals surface area contributed by atoms with Crippen molar-refractivity contribution in [2.24, 2.45) is 11.8 Å². The van der Waals surface area contributed by atoms with Crippen LogP contribution in [0.1, 0.15) is 13.3 Å². The Morgan fingerprint density at radius 2 is 2.45 bits per heavy atom. The molecule has 1 fully saturated rings. The van der Waals surface area contributed by atoms with Crippen LogP contribution in [0, 0.1) is 24.2 Å². The number of nitrogens with one attached hydrogen (secondary N) is 1. The molecule has 1 rings (SSSR count). The molecule has 1 saturated heterocycles. The SMILES string of the molecule is C#CCC(=O)C(C)C1CNC1. The second kappa shape index (κ2) is 3.54. The molecule has 1 aliphatic heterocycles. The van der Waals surface area contributed by atoms with E-state index in [9.17, 15) is 4.79 Å². The summed E-state index contributed by atoms with van der Waals surface area (Å²) in [4.78, 5) is 11.2. The molecule has 1 N–H and O–H groups in total. The molecule has 0 saturated carbocycles. The molecule has 0 aromatic rings. The van der Waals surface area contributed by atoms with E-state index in [2.05, 4.69) is 11.2 Å². The number of carbonyl (C=O) groups is 1. The molecule has 2 heteroatoms. The van der Waals surface area contributed by atoms with Crippen molar-refractivity contribution in [2.75, 3.05) is 13.1 Å². The van der Waals surface area contributed by atoms with E-state index < -0.39 is 0 Å². The van der Waals surface area contributed by atoms with Crippen LogP contribution in [0.5, 0.6) is 0 Å². The number of Topliss-reactive ketones (excluding diaryl/α,β-unsaturated/α-hetero) is 1. The van der Waals surface area contributed by atoms with E-state index in [0.717, 1.165) is 13.1 Å². The average molecular weight is 151 g/mol. The highest BCUT2D eigenvalue weighted by molar-refractivity contribution is 5.83. The minimum Gasteiger partial charge on any atom is -0.316 e. The highest BCUT2D eigenvalue weighted by atomic mass is 16.1. The van der Waals surface area contributed by atoms with E-state index in [0.29, 0.717) is 5.92 Å². The second-order valence-corrected chi connectivity index (χ2v) is 3.05. The highest BCUT2D eigenvalue weighted by Gasteiger charge is 2.27. The van der Waals surface area contributed by atoms with Gasteiger partial charge in [-0.15, -0.1) is 6.42 Å². The Kier molecular flexibility index (Phi) is 2.67. The molecular formula is C9H13NO. The predicted octanol–water partition coefficient (Wildman–Crippen LogP) is 0.434. The van der Waals surface area contributed by atoms with Crippen LogP contribution < -0.4 is 5.32 Å². The molecule has 0 aromatic heterocycles. The van der Waals surface area contributed by atoms with Crippen molar-refractivity contribution in [3.63, 3.8) is 0 Å². The summed E-state index contributed by atoms with van der Waals surface area (Å²) in [6.07, 6.45) is 5.33. The third kappa shape index (κ3) is 1.81. The largest absolute Gasteiger partial charge is 0.316 e. The van der Waals surface area contributed by atoms with Crippen molar-refractivity contribution < 1.29 is 4.79 Å². The number of terminal acetylenes is 1. The lowest BCUT2D eigenvalue weighted by molar-refractivity contribution is -0.123. The van der Waals surface area contributed by atoms with E-state index >= 15 is 0 Å². The third-order valence-corrected chi connectivity index (χ3v) is 2.30. The minimum atomic E-state index is 0.146. The summed E-state index contributed by atoms with van der Waals surface area (Å²) in [7, 11) is 0. The fraction of sp³-hybridized carbons (Fsp3) is 0.667. The zero-order valence-electron chi connectivity index (χ0n) is 6.76. The van der Waals surface area contributed by atoms with Crippen LogP contribution in [-0.4, -0.2) is 18.9 Å². The number of rotatable bonds is 3. The Balaban J connectivity index is 2.34. The number of hydrogen-bond donors (Lipinski definition) is 1. The smallest absolute Gasteiger partial charge is 0.147 e. The first-order valence-corrected chi connectivity index (χ1v) is 3.92. The monoisotopic (exact) mass is 151 g/mol. The summed E-state index contributed by atoms with van der Waals surface area (Å²) in [6.45, 7) is 3.90. The van der Waals surface area contributed by atoms with Crippen molar-refractivity contribution >= 4 is 5.78 Å². The Morgan fingerprint density at radius 1 is 1.82 bits per heavy atom. The molecule has 0 aromatic carbocycles. The van der Waals surface area contributed by atoms with Gasteiger partial charge in [-0.3, -0.25) is 4.79 Å². The molecule has 11 heavy (non-hydrogen) atoms. The van der Waals surface area contributed by atoms with Crippen molar-refractivity contribution in [2.45, 2.75) is 13.3 Å². The van der Waals surface area contributed by atoms with Crippen LogP contribution in [-0.2, 0) is 4.79 Å². The summed E-state index contributed by atoms with van der Waals surface area (Å²) in [5.41, 5.74) is 0. The number of hydrogen-bond acceptors (Lipinski definition) is 2. The van der Waals surface area contributed by atoms with Crippen molar-refractivity contribution in [1.29, 1.82) is 0 Å². The zero-order chi connectivity index (χ0) is 8.27. The van der Waals surface area contributed by atoms with Gasteiger partial charge in [0, 0.05) is 5.92 Å². The van der Waals surface area contributed by atoms with Crippen LogP contribution in [0.25, 0.3) is 0 Å². The van der Waals surface area contributed by atoms with Gasteiger partial charge in [0.05, 0.1) is 6.42 Å². The van der Waals surface area contributed by atoms with Gasteiger partial charge < -0.3 is 5.32 Å². The van der Waals surface area contributed by atoms with Gasteiger partial charge in [-0.1, -0.05) is 12.8 Å². The molecule has 60 valence electrons. The lowest BCUT2D eigenvalue weighted by atomic mass is 9.85. The predicted molar refractivity (Wildman–Crippen MR) is 44.0 cm³/mol. The van der Waals surface area contributed by atoms with E-state index in [-0.39, 0.29) is 18.1 Å². The van der Waals surface area contributed by atoms with Crippen LogP contribution >= 0.6 is 0 Å². The third-order valence-electron chi connectivity index (χ3n) is 2.30. The maximum atomic E-state index is 11.2. The van der Waals surface area contributed by atoms with Crippen molar-refractivity contribution in [3.8, 4) is 12.3 Å². The van der Waals surface area contributed by atoms with Crippen molar-refractivity contribution in [3.05, 3.63) is 0 Å². The normalized spacial score (nSPS) is 20.0. The molecular weight excluding hydrogens is 138 g/mol. The Hall–Kier alpha value is -0.810. The molecule has 0 bridgehead atoms. The van der Waals surface area contributed by atoms with E-state index in [1.807, 2.05) is 6.92 Å². The lowest BCUT2D eigenvalue weighted by Gasteiger charge is -2.31. The van der Waals surface area contributed by atoms with Gasteiger partial charge in [0.1, 0.15) is 5.78 Å². The average Bonchev–Trinajstić information content (AvgIpc) is 1.84. The second-order valence-electron chi connectivity index (χ2n) is 3.05. The van der Waals surface area contributed by atoms with E-state index in [1.54, 1.807) is 0 Å². The van der Waals surface area contributed by atoms with Crippen LogP contribution in [0.15, 0.2) is 0 Å². The van der Waals surface area contributed by atoms with Gasteiger partial charge >= 0.3 is 0 Å². The maximum absolute atomic E-state index is 11.2. The summed E-state index contributed by atoms with van der Waals surface area (Å²) >= 11 is 0. The Bertz CT molecular complexity index is 188. The highest BCUT2D eigenvalue weighted by Crippen LogP contribution is 2.17. The summed E-state index contributed by atoms with van der Waals surface area (Å²) in [5.74, 6) is 3.26. The molecule has 2 nitrogen and oxygen atoms in total. The topological polar surface area (TPSA) is 29.1 Å². The molecule has 1 atom stereocenters. The molecule has 1 heterocycles. The number of ketones is 1. The fourth-order valence-electron chi connectivity index (χ4n) is 1.19. The van der Waals surface area contributed by atoms with Gasteiger partial charge in [0.15, 0.2) is 0 Å². The van der Waals surface area contributed by atoms with Gasteiger partial charge in [-0.05, 0) is 19.0 Å². The lowest BCUT2D eigenvalue weighted by Crippen LogP contribution is -2.47. The van der Waals surface area contributed by atoms with Gasteiger partial charge in [-0.25, -0.2) is 0 Å². The first-order valence-electron chi connectivity index (χ1n) is 3.92. The summed E-state index contributed by atoms with van der Waals surface area (Å²) in [5, 5.41) is 3.14. The zero-order valence-corrected chi connectivity index (χ0v) is 6.76. The van der Waals surface area contributed by atoms with Gasteiger partial charge in [0.2, 0.25) is 0 Å². The van der Waals surface area contributed by atoms with E-state index in [4.69, 9.17) is 6.42 Å². The Morgan fingerprint density at radius 3 is 2.82 bits per heavy atom. The van der Waals surface area contributed by atoms with Gasteiger partial charge in [0.25, 0.3) is 0 Å². The molecule has 0 aliphatic carbocycles. The van der Waals surface area contributed by atoms with E-state index in [1.165, 1.54) is 0 Å². The fourth-order valence-corrected chi connectivity index (χ4v) is 1.19. The first kappa shape index (κ1) is 8.29. The first-order chi connectivity index (χ1) is 5.25. The summed E-state index contributed by atoms with van der Waals surface area (Å²) in [6, 6.07) is 0. The molecule has 0 radical (unpaired) electrons. The molecule has 1 aliphatic rings. The standard InChI is InChI=1S/C9H13NO/c1-3-4-9(11)7(2)8-5-10-6-8/h1,7-8,10H,4-6H2,2H3. The maximum Gasteiger partial charge on any atom is 0.147 e. The molecule has 1 unspecified atom stereocenters. The minimum absolute atomic E-state index is 0.146. The van der Waals surface area contributed by atoms with Crippen LogP contribution in [0.3, 0.4) is 0 Å². The van der Waals surface area contributed by atoms with Crippen molar-refractivity contribution in [1.82, 2.24) is 5.32 Å². The summed E-state index contributed by atoms with van der Waals surface area (Å²) < 4.78 is 0. The number of carbonyl (C=O) groups excluding carboxylic acids is 1. The van der Waals surface area contributed by atoms with Gasteiger partial charge in [-0.2, -0.15) is 0 Å².